The van der Waals surface area contributed by atoms with Crippen molar-refractivity contribution in [1.29, 1.82) is 0 Å². The lowest BCUT2D eigenvalue weighted by molar-refractivity contribution is -0.168. The van der Waals surface area contributed by atoms with E-state index >= 15 is 0 Å². The number of hydrogen-bond acceptors (Lipinski definition) is 9. The van der Waals surface area contributed by atoms with Gasteiger partial charge in [0, 0.05) is 12.0 Å². The number of carbonyl (C=O) groups excluding carboxylic acids is 3. The minimum absolute atomic E-state index is 0. The molecule has 0 saturated heterocycles. The number of rotatable bonds is 7. The van der Waals surface area contributed by atoms with Gasteiger partial charge in [-0.15, -0.1) is 0 Å². The van der Waals surface area contributed by atoms with Crippen LogP contribution in [0.15, 0.2) is 85.9 Å². The molecule has 0 spiro atoms. The van der Waals surface area contributed by atoms with Crippen molar-refractivity contribution in [2.24, 2.45) is 57.0 Å². The molecule has 1 heterocycles. The summed E-state index contributed by atoms with van der Waals surface area (Å²) in [5, 5.41) is 0. The van der Waals surface area contributed by atoms with Gasteiger partial charge >= 0.3 is 11.8 Å². The van der Waals surface area contributed by atoms with Gasteiger partial charge in [-0.2, -0.15) is 0 Å². The number of hydrogen-bond donors (Lipinski definition) is 1. The van der Waals surface area contributed by atoms with Crippen LogP contribution in [-0.2, 0) is 30.5 Å². The van der Waals surface area contributed by atoms with Gasteiger partial charge in [0.05, 0.1) is 5.41 Å². The van der Waals surface area contributed by atoms with Crippen LogP contribution < -0.4 is 11.6 Å². The second-order valence-corrected chi connectivity index (χ2v) is 18.7. The summed E-state index contributed by atoms with van der Waals surface area (Å²) in [7, 11) is 0. The first-order valence-corrected chi connectivity index (χ1v) is 21.6. The number of benzene rings is 2. The smallest absolute Gasteiger partial charge is 0.460 e. The Bertz CT molecular complexity index is 1960. The van der Waals surface area contributed by atoms with Crippen molar-refractivity contribution >= 4 is 18.2 Å². The van der Waals surface area contributed by atoms with Crippen molar-refractivity contribution in [3.63, 3.8) is 0 Å². The normalized spacial score (nSPS) is 34.3. The van der Waals surface area contributed by atoms with E-state index in [4.69, 9.17) is 10.5 Å². The molecule has 322 valence electrons. The van der Waals surface area contributed by atoms with E-state index in [1.165, 1.54) is 18.4 Å². The summed E-state index contributed by atoms with van der Waals surface area (Å²) >= 11 is 0. The lowest BCUT2D eigenvalue weighted by Crippen LogP contribution is -2.62. The Morgan fingerprint density at radius 1 is 0.847 bits per heavy atom. The highest BCUT2D eigenvalue weighted by atomic mass is 16.6. The molecule has 2 N–H and O–H groups in total. The van der Waals surface area contributed by atoms with Gasteiger partial charge in [-0.1, -0.05) is 115 Å². The lowest BCUT2D eigenvalue weighted by Gasteiger charge is -2.65. The zero-order valence-corrected chi connectivity index (χ0v) is 35.9. The second-order valence-electron chi connectivity index (χ2n) is 18.7. The van der Waals surface area contributed by atoms with Crippen LogP contribution >= 0.6 is 0 Å². The molecule has 0 radical (unpaired) electrons. The van der Waals surface area contributed by atoms with Crippen LogP contribution in [0.5, 0.6) is 0 Å². The van der Waals surface area contributed by atoms with E-state index < -0.39 is 17.3 Å². The first kappa shape index (κ1) is 45.8. The molecule has 0 bridgehead atoms. The SMILES string of the molecule is C.CC.CC1C(N)CCC2(C)C1CCC1(C)C3CCC4(C)CC[C@](C)(C(=O)OC(c5ccccc5)c5ccccc5)CC4C3=CC(=O)C12.Cc1oc(=O)oc1COC=O. The van der Waals surface area contributed by atoms with Crippen molar-refractivity contribution in [2.45, 2.75) is 139 Å². The average molecular weight is 812 g/mol. The van der Waals surface area contributed by atoms with Gasteiger partial charge in [0.2, 0.25) is 0 Å². The average Bonchev–Trinajstić information content (AvgIpc) is 3.55. The Labute approximate surface area is 351 Å². The van der Waals surface area contributed by atoms with Gasteiger partial charge < -0.3 is 24.0 Å². The highest BCUT2D eigenvalue weighted by molar-refractivity contribution is 5.95. The number of allylic oxidation sites excluding steroid dienone is 2. The summed E-state index contributed by atoms with van der Waals surface area (Å²) < 4.78 is 19.8. The van der Waals surface area contributed by atoms with E-state index in [2.05, 4.69) is 54.3 Å². The highest BCUT2D eigenvalue weighted by Crippen LogP contribution is 2.70. The number of ether oxygens (including phenoxy) is 2. The predicted molar refractivity (Wildman–Crippen MR) is 230 cm³/mol. The molecule has 10 atom stereocenters. The highest BCUT2D eigenvalue weighted by Gasteiger charge is 2.65. The number of carbonyl (C=O) groups is 3. The first-order chi connectivity index (χ1) is 27.6. The van der Waals surface area contributed by atoms with Gasteiger partial charge in [0.1, 0.15) is 0 Å². The number of nitrogens with two attached hydrogens (primary N) is 1. The van der Waals surface area contributed by atoms with Crippen LogP contribution in [-0.4, -0.2) is 24.3 Å². The molecule has 1 aromatic heterocycles. The third kappa shape index (κ3) is 8.55. The number of aryl methyl sites for hydroxylation is 1. The summed E-state index contributed by atoms with van der Waals surface area (Å²) in [5.41, 5.74) is 9.40. The number of fused-ring (bicyclic) bond motifs is 7. The van der Waals surface area contributed by atoms with E-state index in [1.807, 2.05) is 74.5 Å². The third-order valence-corrected chi connectivity index (χ3v) is 15.5. The van der Waals surface area contributed by atoms with Crippen LogP contribution in [0.4, 0.5) is 0 Å². The standard InChI is InChI=1S/C41H53NO3.C6H6O5.C2H6.CH4/c1-26-30-17-20-41(5)31-16-19-38(2)22-23-39(3,25-32(38)29(31)24-34(43)36(41)40(30,4)21-18-33(26)42)37(44)45-35(27-12-8-6-9-13-27)28-14-10-7-11-15-28;1-4-5(2-9-3-7)11-6(8)10-4;1-2;/h6-15,24,26,30-33,35-36H,16-23,25,42H2,1-5H3;3H,2H2,1H3;1-2H3;1H4/t26?,30?,31?,32?,33?,36?,38?,39-,40?,41?;;;/m0.../s1. The van der Waals surface area contributed by atoms with Crippen LogP contribution in [0.25, 0.3) is 0 Å². The maximum Gasteiger partial charge on any atom is 0.519 e. The first-order valence-electron chi connectivity index (χ1n) is 21.6. The van der Waals surface area contributed by atoms with E-state index in [9.17, 15) is 19.2 Å². The topological polar surface area (TPSA) is 139 Å². The number of ketones is 1. The molecule has 0 amide bonds. The maximum absolute atomic E-state index is 14.5. The fraction of sp³-hybridized carbons (Fsp3) is 0.600. The zero-order valence-electron chi connectivity index (χ0n) is 35.9. The summed E-state index contributed by atoms with van der Waals surface area (Å²) in [6, 6.07) is 20.4. The van der Waals surface area contributed by atoms with Crippen molar-refractivity contribution < 1.29 is 32.7 Å². The quantitative estimate of drug-likeness (QED) is 0.182. The second kappa shape index (κ2) is 18.2. The molecule has 3 aromatic rings. The Morgan fingerprint density at radius 3 is 2.03 bits per heavy atom. The summed E-state index contributed by atoms with van der Waals surface area (Å²) in [4.78, 5) is 48.9. The Kier molecular flexibility index (Phi) is 14.1. The largest absolute Gasteiger partial charge is 0.519 e. The monoisotopic (exact) mass is 812 g/mol. The van der Waals surface area contributed by atoms with Gasteiger partial charge in [-0.3, -0.25) is 14.4 Å². The van der Waals surface area contributed by atoms with Gasteiger partial charge in [0.15, 0.2) is 30.0 Å². The molecule has 2 aromatic carbocycles. The van der Waals surface area contributed by atoms with Crippen LogP contribution in [0, 0.1) is 58.2 Å². The molecule has 9 nitrogen and oxygen atoms in total. The summed E-state index contributed by atoms with van der Waals surface area (Å²) in [6.07, 6.45) is 10.9. The molecule has 8 rings (SSSR count). The molecule has 4 fully saturated rings. The molecule has 9 unspecified atom stereocenters. The van der Waals surface area contributed by atoms with E-state index in [1.54, 1.807) is 6.92 Å². The molecule has 9 heteroatoms. The van der Waals surface area contributed by atoms with Crippen LogP contribution in [0.3, 0.4) is 0 Å². The molecule has 59 heavy (non-hydrogen) atoms. The molecule has 5 aliphatic rings. The van der Waals surface area contributed by atoms with E-state index in [0.29, 0.717) is 29.3 Å². The van der Waals surface area contributed by atoms with E-state index in [0.717, 1.165) is 56.1 Å². The Balaban J connectivity index is 0.000000408. The maximum atomic E-state index is 14.5. The van der Waals surface area contributed by atoms with Crippen LogP contribution in [0.1, 0.15) is 142 Å². The predicted octanol–water partition coefficient (Wildman–Crippen LogP) is 10.7. The Hall–Kier alpha value is -4.24. The number of esters is 1. The third-order valence-electron chi connectivity index (χ3n) is 15.5. The molecule has 4 saturated carbocycles. The van der Waals surface area contributed by atoms with Gasteiger partial charge in [-0.05, 0) is 129 Å². The summed E-state index contributed by atoms with van der Waals surface area (Å²) in [5.74, 6) is 1.69. The van der Waals surface area contributed by atoms with Crippen molar-refractivity contribution in [2.75, 3.05) is 0 Å². The fourth-order valence-electron chi connectivity index (χ4n) is 12.2. The van der Waals surface area contributed by atoms with Gasteiger partial charge in [-0.25, -0.2) is 4.79 Å². The molecular weight excluding hydrogens is 743 g/mol. The minimum Gasteiger partial charge on any atom is -0.460 e. The molecule has 0 aliphatic heterocycles. The van der Waals surface area contributed by atoms with E-state index in [-0.39, 0.29) is 66.4 Å². The van der Waals surface area contributed by atoms with Gasteiger partial charge in [0.25, 0.3) is 6.47 Å². The zero-order chi connectivity index (χ0) is 42.0. The Morgan fingerprint density at radius 2 is 1.46 bits per heavy atom. The fourth-order valence-corrected chi connectivity index (χ4v) is 12.2. The van der Waals surface area contributed by atoms with Crippen molar-refractivity contribution in [3.05, 3.63) is 106 Å². The lowest BCUT2D eigenvalue weighted by atomic mass is 9.38. The summed E-state index contributed by atoms with van der Waals surface area (Å²) in [6.45, 7) is 17.5. The molecule has 5 aliphatic carbocycles. The molecular formula is C50H69NO8. The van der Waals surface area contributed by atoms with Crippen molar-refractivity contribution in [1.82, 2.24) is 0 Å². The van der Waals surface area contributed by atoms with Crippen LogP contribution in [0.2, 0.25) is 0 Å². The minimum atomic E-state index is -0.785. The van der Waals surface area contributed by atoms with Crippen molar-refractivity contribution in [3.8, 4) is 0 Å².